The Morgan fingerprint density at radius 1 is 1.14 bits per heavy atom. The van der Waals surface area contributed by atoms with Crippen LogP contribution in [0, 0.1) is 0 Å². The molecule has 0 atom stereocenters. The Balaban J connectivity index is 2.16. The van der Waals surface area contributed by atoms with Crippen molar-refractivity contribution in [2.45, 2.75) is 16.7 Å². The van der Waals surface area contributed by atoms with Gasteiger partial charge in [0, 0.05) is 23.3 Å². The van der Waals surface area contributed by atoms with Crippen LogP contribution < -0.4 is 10.0 Å². The summed E-state index contributed by atoms with van der Waals surface area (Å²) in [4.78, 5) is 5.29. The number of pyridine rings is 1. The van der Waals surface area contributed by atoms with Crippen molar-refractivity contribution in [3.05, 3.63) is 42.6 Å². The Morgan fingerprint density at radius 3 is 2.38 bits per heavy atom. The summed E-state index contributed by atoms with van der Waals surface area (Å²) in [5.41, 5.74) is 0.531. The molecule has 0 unspecified atom stereocenters. The predicted molar refractivity (Wildman–Crippen MR) is 87.4 cm³/mol. The minimum atomic E-state index is -3.61. The van der Waals surface area contributed by atoms with Crippen LogP contribution in [0.5, 0.6) is 0 Å². The van der Waals surface area contributed by atoms with Gasteiger partial charge in [0.1, 0.15) is 10.7 Å². The van der Waals surface area contributed by atoms with Crippen LogP contribution in [-0.4, -0.2) is 26.2 Å². The second-order valence-electron chi connectivity index (χ2n) is 4.24. The van der Waals surface area contributed by atoms with Gasteiger partial charge in [-0.1, -0.05) is 0 Å². The molecule has 0 amide bonds. The third-order valence-corrected chi connectivity index (χ3v) is 4.86. The van der Waals surface area contributed by atoms with Crippen LogP contribution in [0.2, 0.25) is 0 Å². The topological polar surface area (TPSA) is 71.1 Å². The van der Waals surface area contributed by atoms with Crippen molar-refractivity contribution >= 4 is 33.3 Å². The quantitative estimate of drug-likeness (QED) is 0.800. The standard InChI is InChI=1S/C14H17N3O2S2/c1-3-15-14-9-8-13(10-16-14)21(18,19)17-11-4-6-12(20-2)7-5-11/h4-10,17H,3H2,1-2H3,(H,15,16). The molecule has 0 spiro atoms. The Kier molecular flexibility index (Phi) is 5.08. The molecular weight excluding hydrogens is 306 g/mol. The van der Waals surface area contributed by atoms with Crippen LogP contribution >= 0.6 is 11.8 Å². The number of benzene rings is 1. The maximum atomic E-state index is 12.2. The molecule has 0 aliphatic carbocycles. The molecule has 5 nitrogen and oxygen atoms in total. The number of thioether (sulfide) groups is 1. The zero-order valence-corrected chi connectivity index (χ0v) is 13.5. The van der Waals surface area contributed by atoms with Crippen LogP contribution in [-0.2, 0) is 10.0 Å². The average molecular weight is 323 g/mol. The zero-order valence-electron chi connectivity index (χ0n) is 11.8. The molecule has 0 aliphatic rings. The van der Waals surface area contributed by atoms with Gasteiger partial charge in [-0.15, -0.1) is 11.8 Å². The lowest BCUT2D eigenvalue weighted by Gasteiger charge is -2.09. The number of hydrogen-bond donors (Lipinski definition) is 2. The summed E-state index contributed by atoms with van der Waals surface area (Å²) in [6, 6.07) is 10.4. The molecule has 0 bridgehead atoms. The summed E-state index contributed by atoms with van der Waals surface area (Å²) in [6.07, 6.45) is 3.31. The first kappa shape index (κ1) is 15.7. The average Bonchev–Trinajstić information content (AvgIpc) is 2.48. The van der Waals surface area contributed by atoms with Gasteiger partial charge in [-0.3, -0.25) is 4.72 Å². The van der Waals surface area contributed by atoms with Gasteiger partial charge in [0.05, 0.1) is 0 Å². The summed E-state index contributed by atoms with van der Waals surface area (Å²) in [5, 5.41) is 3.02. The molecule has 0 aliphatic heterocycles. The van der Waals surface area contributed by atoms with Crippen molar-refractivity contribution in [1.82, 2.24) is 4.98 Å². The lowest BCUT2D eigenvalue weighted by Crippen LogP contribution is -2.13. The highest BCUT2D eigenvalue weighted by atomic mass is 32.2. The van der Waals surface area contributed by atoms with E-state index < -0.39 is 10.0 Å². The van der Waals surface area contributed by atoms with Crippen LogP contribution in [0.15, 0.2) is 52.4 Å². The first-order chi connectivity index (χ1) is 10.0. The lowest BCUT2D eigenvalue weighted by molar-refractivity contribution is 0.601. The minimum absolute atomic E-state index is 0.137. The SMILES string of the molecule is CCNc1ccc(S(=O)(=O)Nc2ccc(SC)cc2)cn1. The number of nitrogens with one attached hydrogen (secondary N) is 2. The van der Waals surface area contributed by atoms with Gasteiger partial charge in [0.15, 0.2) is 0 Å². The van der Waals surface area contributed by atoms with Gasteiger partial charge >= 0.3 is 0 Å². The van der Waals surface area contributed by atoms with E-state index in [0.29, 0.717) is 11.5 Å². The van der Waals surface area contributed by atoms with Gasteiger partial charge in [-0.25, -0.2) is 13.4 Å². The van der Waals surface area contributed by atoms with Crippen LogP contribution in [0.3, 0.4) is 0 Å². The third-order valence-electron chi connectivity index (χ3n) is 2.75. The highest BCUT2D eigenvalue weighted by Crippen LogP contribution is 2.20. The van der Waals surface area contributed by atoms with Crippen molar-refractivity contribution in [3.63, 3.8) is 0 Å². The Bertz CT molecular complexity index is 683. The molecule has 0 saturated carbocycles. The first-order valence-electron chi connectivity index (χ1n) is 6.42. The van der Waals surface area contributed by atoms with E-state index in [2.05, 4.69) is 15.0 Å². The molecule has 7 heteroatoms. The molecule has 0 radical (unpaired) electrons. The maximum Gasteiger partial charge on any atom is 0.263 e. The van der Waals surface area contributed by atoms with E-state index in [-0.39, 0.29) is 4.90 Å². The van der Waals surface area contributed by atoms with Gasteiger partial charge < -0.3 is 5.32 Å². The zero-order chi connectivity index (χ0) is 15.3. The second kappa shape index (κ2) is 6.82. The predicted octanol–water partition coefficient (Wildman–Crippen LogP) is 3.04. The summed E-state index contributed by atoms with van der Waals surface area (Å²) in [6.45, 7) is 2.69. The molecule has 1 aromatic heterocycles. The molecule has 1 aromatic carbocycles. The van der Waals surface area contributed by atoms with Gasteiger partial charge in [0.25, 0.3) is 10.0 Å². The fraction of sp³-hybridized carbons (Fsp3) is 0.214. The number of rotatable bonds is 6. The van der Waals surface area contributed by atoms with Gasteiger partial charge in [-0.05, 0) is 49.6 Å². The molecule has 0 fully saturated rings. The van der Waals surface area contributed by atoms with E-state index in [1.54, 1.807) is 30.0 Å². The summed E-state index contributed by atoms with van der Waals surface area (Å²) in [7, 11) is -3.61. The van der Waals surface area contributed by atoms with Crippen molar-refractivity contribution in [2.75, 3.05) is 22.8 Å². The summed E-state index contributed by atoms with van der Waals surface area (Å²) >= 11 is 1.60. The number of aromatic nitrogens is 1. The Morgan fingerprint density at radius 2 is 1.86 bits per heavy atom. The smallest absolute Gasteiger partial charge is 0.263 e. The summed E-state index contributed by atoms with van der Waals surface area (Å²) in [5.74, 6) is 0.653. The lowest BCUT2D eigenvalue weighted by atomic mass is 10.3. The molecule has 2 aromatic rings. The minimum Gasteiger partial charge on any atom is -0.370 e. The highest BCUT2D eigenvalue weighted by molar-refractivity contribution is 7.98. The van der Waals surface area contributed by atoms with Crippen molar-refractivity contribution in [2.24, 2.45) is 0 Å². The van der Waals surface area contributed by atoms with Crippen molar-refractivity contribution in [1.29, 1.82) is 0 Å². The van der Waals surface area contributed by atoms with Gasteiger partial charge in [-0.2, -0.15) is 0 Å². The Labute approximate surface area is 129 Å². The number of anilines is 2. The monoisotopic (exact) mass is 323 g/mol. The molecule has 2 rings (SSSR count). The van der Waals surface area contributed by atoms with Crippen molar-refractivity contribution in [3.8, 4) is 0 Å². The van der Waals surface area contributed by atoms with Crippen LogP contribution in [0.25, 0.3) is 0 Å². The molecular formula is C14H17N3O2S2. The van der Waals surface area contributed by atoms with Crippen LogP contribution in [0.1, 0.15) is 6.92 Å². The first-order valence-corrected chi connectivity index (χ1v) is 9.13. The van der Waals surface area contributed by atoms with E-state index in [1.165, 1.54) is 12.3 Å². The van der Waals surface area contributed by atoms with E-state index >= 15 is 0 Å². The fourth-order valence-electron chi connectivity index (χ4n) is 1.70. The Hall–Kier alpha value is -1.73. The third kappa shape index (κ3) is 4.12. The fourth-order valence-corrected chi connectivity index (χ4v) is 3.11. The van der Waals surface area contributed by atoms with E-state index in [0.717, 1.165) is 11.4 Å². The second-order valence-corrected chi connectivity index (χ2v) is 6.81. The molecule has 2 N–H and O–H groups in total. The number of nitrogens with zero attached hydrogens (tertiary/aromatic N) is 1. The normalized spacial score (nSPS) is 11.1. The van der Waals surface area contributed by atoms with E-state index in [1.807, 2.05) is 25.3 Å². The van der Waals surface area contributed by atoms with E-state index in [9.17, 15) is 8.42 Å². The number of sulfonamides is 1. The molecule has 21 heavy (non-hydrogen) atoms. The van der Waals surface area contributed by atoms with Crippen molar-refractivity contribution < 1.29 is 8.42 Å². The number of hydrogen-bond acceptors (Lipinski definition) is 5. The highest BCUT2D eigenvalue weighted by Gasteiger charge is 2.14. The molecule has 112 valence electrons. The molecule has 0 saturated heterocycles. The maximum absolute atomic E-state index is 12.2. The van der Waals surface area contributed by atoms with Gasteiger partial charge in [0.2, 0.25) is 0 Å². The van der Waals surface area contributed by atoms with E-state index in [4.69, 9.17) is 0 Å². The molecule has 1 heterocycles. The largest absolute Gasteiger partial charge is 0.370 e. The van der Waals surface area contributed by atoms with Crippen LogP contribution in [0.4, 0.5) is 11.5 Å². The summed E-state index contributed by atoms with van der Waals surface area (Å²) < 4.78 is 27.0.